The van der Waals surface area contributed by atoms with Crippen LogP contribution in [0, 0.1) is 0 Å². The summed E-state index contributed by atoms with van der Waals surface area (Å²) >= 11 is 0. The van der Waals surface area contributed by atoms with Gasteiger partial charge in [-0.15, -0.1) is 0 Å². The molecule has 0 spiro atoms. The summed E-state index contributed by atoms with van der Waals surface area (Å²) in [5.41, 5.74) is 42.6. The number of rotatable bonds is 9. The van der Waals surface area contributed by atoms with Gasteiger partial charge in [0.05, 0.1) is 44.1 Å². The van der Waals surface area contributed by atoms with Crippen molar-refractivity contribution in [1.82, 2.24) is 36.5 Å². The Kier molecular flexibility index (Phi) is 20.1. The van der Waals surface area contributed by atoms with Gasteiger partial charge in [-0.3, -0.25) is 0 Å². The molecule has 0 amide bonds. The number of hydrogen-bond donors (Lipinski definition) is 0. The van der Waals surface area contributed by atoms with Gasteiger partial charge in [0.2, 0.25) is 0 Å². The fourth-order valence-electron chi connectivity index (χ4n) is 24.8. The van der Waals surface area contributed by atoms with E-state index in [0.29, 0.717) is 0 Å². The fourth-order valence-corrected chi connectivity index (χ4v) is 24.8. The molecule has 0 saturated heterocycles. The van der Waals surface area contributed by atoms with Crippen LogP contribution in [0.3, 0.4) is 0 Å². The van der Waals surface area contributed by atoms with Crippen molar-refractivity contribution >= 4 is 174 Å². The maximum atomic E-state index is 2.46. The first kappa shape index (κ1) is 86.2. The van der Waals surface area contributed by atoms with Gasteiger partial charge in [0, 0.05) is 187 Å². The van der Waals surface area contributed by atoms with Crippen LogP contribution in [0.4, 0.5) is 0 Å². The molecule has 8 heterocycles. The average Bonchev–Trinajstić information content (AvgIpc) is 1.55. The van der Waals surface area contributed by atoms with E-state index in [0.717, 1.165) is 0 Å². The molecule has 696 valence electrons. The largest absolute Gasteiger partial charge is 0.344 e. The van der Waals surface area contributed by atoms with E-state index in [4.69, 9.17) is 0 Å². The molecule has 0 bridgehead atoms. The van der Waals surface area contributed by atoms with Gasteiger partial charge < -0.3 is 36.5 Å². The summed E-state index contributed by atoms with van der Waals surface area (Å²) < 4.78 is 19.0. The van der Waals surface area contributed by atoms with Crippen LogP contribution in [0.5, 0.6) is 0 Å². The Bertz CT molecular complexity index is 10600. The zero-order chi connectivity index (χ0) is 98.0. The molecule has 0 aliphatic heterocycles. The van der Waals surface area contributed by atoms with E-state index in [-0.39, 0.29) is 5.41 Å². The van der Waals surface area contributed by atoms with E-state index >= 15 is 0 Å². The molecule has 0 radical (unpaired) electrons. The van der Waals surface area contributed by atoms with Crippen molar-refractivity contribution in [3.8, 4) is 89.5 Å². The topological polar surface area (TPSA) is 39.4 Å². The molecule has 0 unspecified atom stereocenters. The average molecular weight is 1880 g/mol. The second kappa shape index (κ2) is 34.3. The number of aromatic nitrogens is 8. The number of benzene rings is 22. The molecule has 8 heteroatoms. The van der Waals surface area contributed by atoms with Crippen LogP contribution in [0.1, 0.15) is 25.0 Å². The highest BCUT2D eigenvalue weighted by atomic mass is 15.0. The molecule has 31 rings (SSSR count). The van der Waals surface area contributed by atoms with Gasteiger partial charge in [0.15, 0.2) is 0 Å². The molecule has 22 aromatic carbocycles. The SMILES string of the molecule is Cn1c2ccccc2c2c3c4ccccc4n(-c4ccc(-c5ccc(-c6ccccc6)cc5)cc4)c3ccc21.Cn1c2ccccc2c2c3c4ccccc4n(-c4ccc5c(c4)C(C)(C)c4ccccc4-5)c3ccc21.Cn1c2ccccc2c2c3c4ccccc4n(-c4cccc(-c5ccc(-c6ccccc6)cc5)c4)c3ccc21.Cn1c2ccccc2c2c3c4ccccc4n(-c4cccc(-c5ccccc5)c4)c3ccc21. The monoisotopic (exact) mass is 1880 g/mol. The highest BCUT2D eigenvalue weighted by Gasteiger charge is 2.36. The normalized spacial score (nSPS) is 12.3. The van der Waals surface area contributed by atoms with Crippen LogP contribution in [-0.2, 0) is 33.6 Å². The molecular weight excluding hydrogens is 1780 g/mol. The van der Waals surface area contributed by atoms with E-state index in [2.05, 4.69) is 576 Å². The molecule has 0 atom stereocenters. The van der Waals surface area contributed by atoms with Crippen molar-refractivity contribution in [3.05, 3.63) is 509 Å². The van der Waals surface area contributed by atoms with Gasteiger partial charge in [-0.05, 0) is 223 Å². The minimum absolute atomic E-state index is 0.0242. The number of hydrogen-bond acceptors (Lipinski definition) is 0. The lowest BCUT2D eigenvalue weighted by molar-refractivity contribution is 0.660. The van der Waals surface area contributed by atoms with E-state index in [1.165, 1.54) is 275 Å². The van der Waals surface area contributed by atoms with Crippen LogP contribution in [-0.4, -0.2) is 36.5 Å². The summed E-state index contributed by atoms with van der Waals surface area (Å²) in [5.74, 6) is 0. The summed E-state index contributed by atoms with van der Waals surface area (Å²) in [6.45, 7) is 4.71. The second-order valence-corrected chi connectivity index (χ2v) is 39.9. The minimum atomic E-state index is -0.0242. The summed E-state index contributed by atoms with van der Waals surface area (Å²) in [6, 6.07) is 181. The number of aryl methyl sites for hydroxylation is 4. The lowest BCUT2D eigenvalue weighted by Gasteiger charge is -2.22. The molecule has 8 aromatic heterocycles. The maximum Gasteiger partial charge on any atom is 0.0548 e. The third-order valence-corrected chi connectivity index (χ3v) is 31.8. The van der Waals surface area contributed by atoms with Crippen molar-refractivity contribution in [2.24, 2.45) is 28.2 Å². The molecule has 1 aliphatic rings. The van der Waals surface area contributed by atoms with Gasteiger partial charge in [0.1, 0.15) is 0 Å². The van der Waals surface area contributed by atoms with Crippen LogP contribution < -0.4 is 0 Å². The van der Waals surface area contributed by atoms with Crippen molar-refractivity contribution in [1.29, 1.82) is 0 Å². The lowest BCUT2D eigenvalue weighted by Crippen LogP contribution is -2.15. The number of fused-ring (bicyclic) bond motifs is 31. The Hall–Kier alpha value is -18.8. The summed E-state index contributed by atoms with van der Waals surface area (Å²) in [5, 5.41) is 21.0. The first-order chi connectivity index (χ1) is 72.4. The summed E-state index contributed by atoms with van der Waals surface area (Å²) in [4.78, 5) is 0. The predicted octanol–water partition coefficient (Wildman–Crippen LogP) is 36.4. The Morgan fingerprint density at radius 3 is 0.673 bits per heavy atom. The van der Waals surface area contributed by atoms with Crippen LogP contribution >= 0.6 is 0 Å². The molecule has 30 aromatic rings. The summed E-state index contributed by atoms with van der Waals surface area (Å²) in [7, 11) is 8.68. The second-order valence-electron chi connectivity index (χ2n) is 39.9. The van der Waals surface area contributed by atoms with Gasteiger partial charge in [-0.1, -0.05) is 366 Å². The molecule has 8 nitrogen and oxygen atoms in total. The molecule has 147 heavy (non-hydrogen) atoms. The van der Waals surface area contributed by atoms with E-state index in [1.807, 2.05) is 0 Å². The Labute approximate surface area is 850 Å². The maximum absolute atomic E-state index is 2.46. The first-order valence-corrected chi connectivity index (χ1v) is 50.9. The van der Waals surface area contributed by atoms with Crippen LogP contribution in [0.2, 0.25) is 0 Å². The molecule has 0 saturated carbocycles. The lowest BCUT2D eigenvalue weighted by atomic mass is 9.82. The van der Waals surface area contributed by atoms with Crippen molar-refractivity contribution in [2.45, 2.75) is 19.3 Å². The molecule has 0 fully saturated rings. The van der Waals surface area contributed by atoms with E-state index in [1.54, 1.807) is 0 Å². The van der Waals surface area contributed by atoms with Gasteiger partial charge in [-0.25, -0.2) is 0 Å². The third-order valence-electron chi connectivity index (χ3n) is 31.8. The number of para-hydroxylation sites is 8. The highest BCUT2D eigenvalue weighted by molar-refractivity contribution is 6.33. The van der Waals surface area contributed by atoms with Crippen LogP contribution in [0.25, 0.3) is 264 Å². The zero-order valence-electron chi connectivity index (χ0n) is 82.4. The number of nitrogens with zero attached hydrogens (tertiary/aromatic N) is 8. The van der Waals surface area contributed by atoms with Crippen molar-refractivity contribution in [2.75, 3.05) is 0 Å². The van der Waals surface area contributed by atoms with Gasteiger partial charge >= 0.3 is 0 Å². The van der Waals surface area contributed by atoms with Gasteiger partial charge in [0.25, 0.3) is 0 Å². The molecular formula is C139H100N8. The van der Waals surface area contributed by atoms with Gasteiger partial charge in [-0.2, -0.15) is 0 Å². The highest BCUT2D eigenvalue weighted by Crippen LogP contribution is 2.52. The molecule has 1 aliphatic carbocycles. The Morgan fingerprint density at radius 2 is 0.347 bits per heavy atom. The quantitative estimate of drug-likeness (QED) is 0.138. The third kappa shape index (κ3) is 13.6. The Morgan fingerprint density at radius 1 is 0.136 bits per heavy atom. The Balaban J connectivity index is 0.0000000949. The predicted molar refractivity (Wildman–Crippen MR) is 624 cm³/mol. The standard InChI is InChI=1S/2C37H26N2.C34H26N2.C31H22N2/c1-38-32-16-7-5-14-30(32)36-34(38)22-23-35-37(36)31-15-6-8-17-33(31)39(35)29-13-9-12-28(24-29)27-20-18-26(19-21-27)25-10-3-2-4-11-25;1-38-32-13-7-5-11-30(32)36-34(38)23-24-35-37(36)31-12-6-8-14-33(31)39(35)29-21-19-28(20-22-29)27-17-15-26(16-18-27)25-9-3-2-4-10-25;1-34(2)26-13-7-4-10-22(26)23-17-16-21(20-27(23)34)36-29-15-9-6-12-25(29)33-31(36)19-18-30-32(33)24-11-5-8-14-28(24)35(30)3;1-32-26-16-7-5-14-24(26)30-28(32)18-19-29-31(30)25-15-6-8-17-27(25)33(29)23-13-9-12-22(20-23)21-10-3-2-4-11-21/h2*2-24H,1H3;4-20H,1-3H3;2-20H,1H3. The van der Waals surface area contributed by atoms with Crippen LogP contribution in [0.15, 0.2) is 497 Å². The molecule has 0 N–H and O–H groups in total. The van der Waals surface area contributed by atoms with Crippen molar-refractivity contribution in [3.63, 3.8) is 0 Å². The van der Waals surface area contributed by atoms with E-state index in [9.17, 15) is 0 Å². The first-order valence-electron chi connectivity index (χ1n) is 50.9. The zero-order valence-corrected chi connectivity index (χ0v) is 82.4. The smallest absolute Gasteiger partial charge is 0.0548 e. The van der Waals surface area contributed by atoms with Crippen molar-refractivity contribution < 1.29 is 0 Å². The summed E-state index contributed by atoms with van der Waals surface area (Å²) in [6.07, 6.45) is 0. The van der Waals surface area contributed by atoms with E-state index < -0.39 is 0 Å². The minimum Gasteiger partial charge on any atom is -0.344 e. The fraction of sp³-hybridized carbons (Fsp3) is 0.0504.